The summed E-state index contributed by atoms with van der Waals surface area (Å²) in [7, 11) is 0. The van der Waals surface area contributed by atoms with Crippen LogP contribution in [-0.4, -0.2) is 43.0 Å². The molecule has 2 aliphatic carbocycles. The predicted octanol–water partition coefficient (Wildman–Crippen LogP) is 3.12. The third kappa shape index (κ3) is 4.46. The Morgan fingerprint density at radius 2 is 1.81 bits per heavy atom. The third-order valence-corrected chi connectivity index (χ3v) is 6.53. The van der Waals surface area contributed by atoms with Crippen molar-refractivity contribution in [1.82, 2.24) is 10.6 Å². The molecule has 26 heavy (non-hydrogen) atoms. The number of carbonyl (C=O) groups excluding carboxylic acids is 1. The van der Waals surface area contributed by atoms with E-state index in [2.05, 4.69) is 10.6 Å². The van der Waals surface area contributed by atoms with Crippen LogP contribution >= 0.6 is 11.8 Å². The Morgan fingerprint density at radius 1 is 1.04 bits per heavy atom. The number of carbonyl (C=O) groups is 1. The van der Waals surface area contributed by atoms with Crippen LogP contribution < -0.4 is 20.1 Å². The van der Waals surface area contributed by atoms with Crippen LogP contribution in [0.5, 0.6) is 11.5 Å². The highest BCUT2D eigenvalue weighted by Gasteiger charge is 2.33. The second-order valence-electron chi connectivity index (χ2n) is 7.41. The van der Waals surface area contributed by atoms with E-state index in [0.717, 1.165) is 28.6 Å². The Labute approximate surface area is 159 Å². The molecule has 0 aromatic heterocycles. The van der Waals surface area contributed by atoms with Gasteiger partial charge in [-0.1, -0.05) is 12.8 Å². The first kappa shape index (κ1) is 18.0. The van der Waals surface area contributed by atoms with Gasteiger partial charge in [-0.05, 0) is 43.9 Å². The van der Waals surface area contributed by atoms with Crippen LogP contribution in [0.15, 0.2) is 23.1 Å². The number of nitrogens with one attached hydrogen (secondary N) is 2. The Balaban J connectivity index is 1.17. The smallest absolute Gasteiger partial charge is 0.221 e. The summed E-state index contributed by atoms with van der Waals surface area (Å²) in [5.74, 6) is 2.56. The lowest BCUT2D eigenvalue weighted by Crippen LogP contribution is -2.58. The zero-order valence-corrected chi connectivity index (χ0v) is 16.0. The van der Waals surface area contributed by atoms with Crippen molar-refractivity contribution in [3.63, 3.8) is 0 Å². The predicted molar refractivity (Wildman–Crippen MR) is 103 cm³/mol. The number of fused-ring (bicyclic) bond motifs is 1. The van der Waals surface area contributed by atoms with Gasteiger partial charge in [-0.25, -0.2) is 0 Å². The molecule has 2 N–H and O–H groups in total. The summed E-state index contributed by atoms with van der Waals surface area (Å²) in [6.45, 7) is 1.21. The van der Waals surface area contributed by atoms with Crippen molar-refractivity contribution < 1.29 is 14.3 Å². The standard InChI is InChI=1S/C20H28N2O3S/c23-20(22-17-7-6-16(17)21-14-3-1-2-4-14)9-12-26-15-5-8-18-19(13-15)25-11-10-24-18/h5,8,13-14,16-17,21H,1-4,6-7,9-12H2,(H,22,23)/t16-,17+/m1/s1. The maximum absolute atomic E-state index is 12.3. The van der Waals surface area contributed by atoms with Gasteiger partial charge >= 0.3 is 0 Å². The molecule has 0 bridgehead atoms. The number of amides is 1. The molecule has 3 aliphatic rings. The van der Waals surface area contributed by atoms with Crippen LogP contribution in [0, 0.1) is 0 Å². The largest absolute Gasteiger partial charge is 0.486 e. The zero-order valence-electron chi connectivity index (χ0n) is 15.2. The van der Waals surface area contributed by atoms with Gasteiger partial charge in [0.15, 0.2) is 11.5 Å². The first-order valence-electron chi connectivity index (χ1n) is 9.86. The van der Waals surface area contributed by atoms with Crippen LogP contribution in [0.3, 0.4) is 0 Å². The second kappa shape index (κ2) is 8.53. The SMILES string of the molecule is O=C(CCSc1ccc2c(c1)OCCO2)N[C@H]1CC[C@H]1NC1CCCC1. The topological polar surface area (TPSA) is 59.6 Å². The molecule has 1 aliphatic heterocycles. The number of hydrogen-bond acceptors (Lipinski definition) is 5. The minimum absolute atomic E-state index is 0.165. The highest BCUT2D eigenvalue weighted by Crippen LogP contribution is 2.34. The van der Waals surface area contributed by atoms with Gasteiger partial charge in [-0.2, -0.15) is 0 Å². The molecule has 1 aromatic carbocycles. The summed E-state index contributed by atoms with van der Waals surface area (Å²) in [4.78, 5) is 13.4. The van der Waals surface area contributed by atoms with Crippen molar-refractivity contribution in [3.05, 3.63) is 18.2 Å². The molecule has 0 spiro atoms. The van der Waals surface area contributed by atoms with Gasteiger partial charge in [-0.3, -0.25) is 4.79 Å². The van der Waals surface area contributed by atoms with Crippen LogP contribution in [0.2, 0.25) is 0 Å². The number of hydrogen-bond donors (Lipinski definition) is 2. The Morgan fingerprint density at radius 3 is 2.58 bits per heavy atom. The summed E-state index contributed by atoms with van der Waals surface area (Å²) < 4.78 is 11.1. The maximum Gasteiger partial charge on any atom is 0.221 e. The zero-order chi connectivity index (χ0) is 17.8. The second-order valence-corrected chi connectivity index (χ2v) is 8.58. The van der Waals surface area contributed by atoms with E-state index in [1.807, 2.05) is 18.2 Å². The summed E-state index contributed by atoms with van der Waals surface area (Å²) >= 11 is 1.69. The molecule has 1 heterocycles. The van der Waals surface area contributed by atoms with Gasteiger partial charge in [0.2, 0.25) is 5.91 Å². The van der Waals surface area contributed by atoms with Crippen molar-refractivity contribution in [2.75, 3.05) is 19.0 Å². The molecule has 5 nitrogen and oxygen atoms in total. The monoisotopic (exact) mass is 376 g/mol. The number of ether oxygens (including phenoxy) is 2. The summed E-state index contributed by atoms with van der Waals surface area (Å²) in [6, 6.07) is 7.46. The van der Waals surface area contributed by atoms with E-state index in [1.54, 1.807) is 11.8 Å². The molecule has 2 fully saturated rings. The highest BCUT2D eigenvalue weighted by molar-refractivity contribution is 7.99. The number of benzene rings is 1. The first-order chi connectivity index (χ1) is 12.8. The maximum atomic E-state index is 12.3. The number of thioether (sulfide) groups is 1. The van der Waals surface area contributed by atoms with Crippen LogP contribution in [0.1, 0.15) is 44.9 Å². The normalized spacial score (nSPS) is 24.9. The van der Waals surface area contributed by atoms with Gasteiger partial charge < -0.3 is 20.1 Å². The molecule has 0 radical (unpaired) electrons. The average Bonchev–Trinajstić information content (AvgIpc) is 3.17. The fraction of sp³-hybridized carbons (Fsp3) is 0.650. The fourth-order valence-electron chi connectivity index (χ4n) is 3.92. The minimum Gasteiger partial charge on any atom is -0.486 e. The van der Waals surface area contributed by atoms with Gasteiger partial charge in [-0.15, -0.1) is 11.8 Å². The van der Waals surface area contributed by atoms with Crippen LogP contribution in [0.4, 0.5) is 0 Å². The lowest BCUT2D eigenvalue weighted by atomic mass is 9.85. The average molecular weight is 377 g/mol. The van der Waals surface area contributed by atoms with Crippen molar-refractivity contribution in [2.45, 2.75) is 68.0 Å². The molecule has 1 amide bonds. The first-order valence-corrected chi connectivity index (χ1v) is 10.8. The van der Waals surface area contributed by atoms with Crippen molar-refractivity contribution in [2.24, 2.45) is 0 Å². The van der Waals surface area contributed by atoms with E-state index in [0.29, 0.717) is 37.8 Å². The summed E-state index contributed by atoms with van der Waals surface area (Å²) in [5, 5.41) is 6.95. The molecule has 1 aromatic rings. The van der Waals surface area contributed by atoms with Crippen LogP contribution in [-0.2, 0) is 4.79 Å². The Kier molecular flexibility index (Phi) is 5.90. The van der Waals surface area contributed by atoms with E-state index in [9.17, 15) is 4.79 Å². The van der Waals surface area contributed by atoms with Gasteiger partial charge in [0.05, 0.1) is 0 Å². The lowest BCUT2D eigenvalue weighted by Gasteiger charge is -2.39. The number of rotatable bonds is 7. The lowest BCUT2D eigenvalue weighted by molar-refractivity contribution is -0.122. The van der Waals surface area contributed by atoms with Crippen molar-refractivity contribution in [1.29, 1.82) is 0 Å². The van der Waals surface area contributed by atoms with Crippen LogP contribution in [0.25, 0.3) is 0 Å². The molecule has 4 rings (SSSR count). The van der Waals surface area contributed by atoms with E-state index in [-0.39, 0.29) is 5.91 Å². The Hall–Kier alpha value is -1.40. The summed E-state index contributed by atoms with van der Waals surface area (Å²) in [6.07, 6.45) is 8.12. The summed E-state index contributed by atoms with van der Waals surface area (Å²) in [5.41, 5.74) is 0. The van der Waals surface area contributed by atoms with Gasteiger partial charge in [0, 0.05) is 35.2 Å². The fourth-order valence-corrected chi connectivity index (χ4v) is 4.80. The quantitative estimate of drug-likeness (QED) is 0.716. The van der Waals surface area contributed by atoms with E-state index in [4.69, 9.17) is 9.47 Å². The van der Waals surface area contributed by atoms with Gasteiger partial charge in [0.1, 0.15) is 13.2 Å². The molecule has 6 heteroatoms. The minimum atomic E-state index is 0.165. The Bertz CT molecular complexity index is 633. The third-order valence-electron chi connectivity index (χ3n) is 5.54. The molecule has 2 atom stereocenters. The van der Waals surface area contributed by atoms with Crippen molar-refractivity contribution in [3.8, 4) is 11.5 Å². The van der Waals surface area contributed by atoms with E-state index in [1.165, 1.54) is 32.1 Å². The molecule has 0 unspecified atom stereocenters. The van der Waals surface area contributed by atoms with Crippen molar-refractivity contribution >= 4 is 17.7 Å². The van der Waals surface area contributed by atoms with E-state index >= 15 is 0 Å². The van der Waals surface area contributed by atoms with E-state index < -0.39 is 0 Å². The molecule has 2 saturated carbocycles. The molecular formula is C20H28N2O3S. The van der Waals surface area contributed by atoms with Gasteiger partial charge in [0.25, 0.3) is 0 Å². The highest BCUT2D eigenvalue weighted by atomic mass is 32.2. The molecule has 142 valence electrons. The molecular weight excluding hydrogens is 348 g/mol. The molecule has 0 saturated heterocycles.